The number of carbonyl (C=O) groups excluding carboxylic acids is 1. The second-order valence-corrected chi connectivity index (χ2v) is 7.12. The molecule has 7 heteroatoms. The van der Waals surface area contributed by atoms with Crippen LogP contribution >= 0.6 is 11.8 Å². The van der Waals surface area contributed by atoms with Crippen LogP contribution in [-0.4, -0.2) is 44.9 Å². The van der Waals surface area contributed by atoms with Crippen LogP contribution < -0.4 is 5.32 Å². The van der Waals surface area contributed by atoms with Crippen LogP contribution in [0.4, 0.5) is 0 Å². The number of carbonyl (C=O) groups is 1. The van der Waals surface area contributed by atoms with Crippen LogP contribution in [0.3, 0.4) is 0 Å². The summed E-state index contributed by atoms with van der Waals surface area (Å²) in [5.41, 5.74) is 0.884. The predicted octanol–water partition coefficient (Wildman–Crippen LogP) is 2.42. The lowest BCUT2D eigenvalue weighted by atomic mass is 10.0. The van der Waals surface area contributed by atoms with Crippen molar-refractivity contribution in [3.63, 3.8) is 0 Å². The van der Waals surface area contributed by atoms with Gasteiger partial charge in [-0.05, 0) is 24.3 Å². The fourth-order valence-electron chi connectivity index (χ4n) is 2.83. The van der Waals surface area contributed by atoms with Crippen molar-refractivity contribution in [1.82, 2.24) is 15.5 Å². The minimum absolute atomic E-state index is 0.240. The van der Waals surface area contributed by atoms with Gasteiger partial charge in [0, 0.05) is 17.7 Å². The molecule has 1 aliphatic rings. The molecule has 4 rings (SSSR count). The van der Waals surface area contributed by atoms with E-state index in [1.54, 1.807) is 11.8 Å². The Hall–Kier alpha value is -2.25. The lowest BCUT2D eigenvalue weighted by Gasteiger charge is -2.21. The zero-order chi connectivity index (χ0) is 16.6. The number of aliphatic hydroxyl groups is 1. The molecule has 1 aliphatic heterocycles. The topological polar surface area (TPSA) is 91.1 Å². The van der Waals surface area contributed by atoms with Crippen LogP contribution in [-0.2, 0) is 0 Å². The van der Waals surface area contributed by atoms with E-state index in [1.807, 2.05) is 30.3 Å². The van der Waals surface area contributed by atoms with Crippen molar-refractivity contribution in [1.29, 1.82) is 0 Å². The third kappa shape index (κ3) is 2.81. The second kappa shape index (κ2) is 5.99. The molecule has 1 saturated heterocycles. The van der Waals surface area contributed by atoms with Crippen LogP contribution in [0.15, 0.2) is 40.9 Å². The van der Waals surface area contributed by atoms with Gasteiger partial charge < -0.3 is 14.8 Å². The Morgan fingerprint density at radius 3 is 3.12 bits per heavy atom. The summed E-state index contributed by atoms with van der Waals surface area (Å²) in [4.78, 5) is 12.5. The van der Waals surface area contributed by atoms with E-state index in [4.69, 9.17) is 4.42 Å². The first-order valence-corrected chi connectivity index (χ1v) is 8.91. The summed E-state index contributed by atoms with van der Waals surface area (Å²) in [6, 6.07) is 9.54. The van der Waals surface area contributed by atoms with Gasteiger partial charge in [-0.1, -0.05) is 18.2 Å². The Bertz CT molecular complexity index is 847. The molecule has 1 aromatic carbocycles. The summed E-state index contributed by atoms with van der Waals surface area (Å²) in [5.74, 6) is 1.86. The van der Waals surface area contributed by atoms with Crippen LogP contribution in [0.25, 0.3) is 22.4 Å². The molecular weight excluding hydrogens is 326 g/mol. The highest BCUT2D eigenvalue weighted by molar-refractivity contribution is 7.99. The number of thioether (sulfide) groups is 1. The Balaban J connectivity index is 1.56. The second-order valence-electron chi connectivity index (χ2n) is 6.02. The molecule has 24 heavy (non-hydrogen) atoms. The van der Waals surface area contributed by atoms with E-state index in [1.165, 1.54) is 6.20 Å². The molecule has 124 valence electrons. The number of hydrogen-bond donors (Lipinski definition) is 3. The molecule has 1 atom stereocenters. The number of aromatic nitrogens is 2. The molecule has 0 bridgehead atoms. The number of aromatic amines is 1. The molecule has 0 spiro atoms. The number of fused-ring (bicyclic) bond motifs is 1. The molecule has 2 aromatic heterocycles. The minimum Gasteiger partial charge on any atom is -0.454 e. The van der Waals surface area contributed by atoms with Gasteiger partial charge in [0.15, 0.2) is 5.76 Å². The molecule has 3 N–H and O–H groups in total. The van der Waals surface area contributed by atoms with Crippen molar-refractivity contribution in [3.05, 3.63) is 42.1 Å². The summed E-state index contributed by atoms with van der Waals surface area (Å²) in [5, 5.41) is 20.9. The van der Waals surface area contributed by atoms with Gasteiger partial charge in [0.1, 0.15) is 11.3 Å². The van der Waals surface area contributed by atoms with E-state index in [0.29, 0.717) is 29.2 Å². The van der Waals surface area contributed by atoms with Crippen LogP contribution in [0.2, 0.25) is 0 Å². The first-order valence-electron chi connectivity index (χ1n) is 7.75. The molecular formula is C17H17N3O3S. The lowest BCUT2D eigenvalue weighted by Crippen LogP contribution is -2.42. The molecule has 0 saturated carbocycles. The van der Waals surface area contributed by atoms with Crippen molar-refractivity contribution < 1.29 is 14.3 Å². The smallest absolute Gasteiger partial charge is 0.255 e. The Labute approximate surface area is 142 Å². The van der Waals surface area contributed by atoms with Gasteiger partial charge in [-0.25, -0.2) is 0 Å². The largest absolute Gasteiger partial charge is 0.454 e. The number of hydrogen-bond acceptors (Lipinski definition) is 5. The zero-order valence-corrected chi connectivity index (χ0v) is 13.7. The quantitative estimate of drug-likeness (QED) is 0.677. The maximum absolute atomic E-state index is 12.5. The number of para-hydroxylation sites is 1. The van der Waals surface area contributed by atoms with Crippen molar-refractivity contribution in [2.75, 3.05) is 18.1 Å². The van der Waals surface area contributed by atoms with E-state index in [0.717, 1.165) is 16.7 Å². The highest BCUT2D eigenvalue weighted by Gasteiger charge is 2.32. The third-order valence-electron chi connectivity index (χ3n) is 4.22. The van der Waals surface area contributed by atoms with Crippen molar-refractivity contribution in [2.24, 2.45) is 0 Å². The zero-order valence-electron chi connectivity index (χ0n) is 12.9. The average Bonchev–Trinajstić information content (AvgIpc) is 3.31. The molecule has 0 aliphatic carbocycles. The van der Waals surface area contributed by atoms with E-state index in [9.17, 15) is 9.90 Å². The summed E-state index contributed by atoms with van der Waals surface area (Å²) < 4.78 is 5.80. The first-order chi connectivity index (χ1) is 11.6. The fourth-order valence-corrected chi connectivity index (χ4v) is 4.12. The van der Waals surface area contributed by atoms with Gasteiger partial charge in [-0.3, -0.25) is 9.89 Å². The van der Waals surface area contributed by atoms with E-state index < -0.39 is 5.60 Å². The SMILES string of the molecule is O=C(NCC1(O)CCSC1)c1cn[nH]c1-c1cc2ccccc2o1. The van der Waals surface area contributed by atoms with E-state index >= 15 is 0 Å². The number of furan rings is 1. The van der Waals surface area contributed by atoms with Crippen LogP contribution in [0.1, 0.15) is 16.8 Å². The third-order valence-corrected chi connectivity index (χ3v) is 5.45. The Morgan fingerprint density at radius 1 is 1.46 bits per heavy atom. The van der Waals surface area contributed by atoms with Crippen LogP contribution in [0, 0.1) is 0 Å². The number of amides is 1. The standard InChI is InChI=1S/C17H17N3O3S/c21-16(18-9-17(22)5-6-24-10-17)12-8-19-20-15(12)14-7-11-3-1-2-4-13(11)23-14/h1-4,7-8,22H,5-6,9-10H2,(H,18,21)(H,19,20). The summed E-state index contributed by atoms with van der Waals surface area (Å²) in [7, 11) is 0. The number of nitrogens with zero attached hydrogens (tertiary/aromatic N) is 1. The lowest BCUT2D eigenvalue weighted by molar-refractivity contribution is 0.0613. The molecule has 3 heterocycles. The van der Waals surface area contributed by atoms with Crippen molar-refractivity contribution in [2.45, 2.75) is 12.0 Å². The molecule has 6 nitrogen and oxygen atoms in total. The fraction of sp³-hybridized carbons (Fsp3) is 0.294. The van der Waals surface area contributed by atoms with E-state index in [-0.39, 0.29) is 12.5 Å². The highest BCUT2D eigenvalue weighted by Crippen LogP contribution is 2.29. The summed E-state index contributed by atoms with van der Waals surface area (Å²) >= 11 is 1.70. The first kappa shape index (κ1) is 15.3. The highest BCUT2D eigenvalue weighted by atomic mass is 32.2. The van der Waals surface area contributed by atoms with Gasteiger partial charge in [0.25, 0.3) is 5.91 Å². The Morgan fingerprint density at radius 2 is 2.33 bits per heavy atom. The maximum Gasteiger partial charge on any atom is 0.255 e. The number of benzene rings is 1. The van der Waals surface area contributed by atoms with Gasteiger partial charge in [-0.15, -0.1) is 0 Å². The molecule has 1 fully saturated rings. The number of H-pyrrole nitrogens is 1. The monoisotopic (exact) mass is 343 g/mol. The molecule has 3 aromatic rings. The summed E-state index contributed by atoms with van der Waals surface area (Å²) in [6.07, 6.45) is 2.17. The van der Waals surface area contributed by atoms with Gasteiger partial charge in [0.2, 0.25) is 0 Å². The molecule has 1 unspecified atom stereocenters. The van der Waals surface area contributed by atoms with Crippen LogP contribution in [0.5, 0.6) is 0 Å². The molecule has 1 amide bonds. The van der Waals surface area contributed by atoms with Crippen molar-refractivity contribution >= 4 is 28.6 Å². The minimum atomic E-state index is -0.816. The van der Waals surface area contributed by atoms with E-state index in [2.05, 4.69) is 15.5 Å². The average molecular weight is 343 g/mol. The summed E-state index contributed by atoms with van der Waals surface area (Å²) in [6.45, 7) is 0.240. The van der Waals surface area contributed by atoms with Gasteiger partial charge >= 0.3 is 0 Å². The number of rotatable bonds is 4. The number of nitrogens with one attached hydrogen (secondary N) is 2. The normalized spacial score (nSPS) is 20.5. The molecule has 0 radical (unpaired) electrons. The van der Waals surface area contributed by atoms with Gasteiger partial charge in [-0.2, -0.15) is 16.9 Å². The maximum atomic E-state index is 12.5. The Kier molecular flexibility index (Phi) is 3.82. The predicted molar refractivity (Wildman–Crippen MR) is 93.0 cm³/mol. The van der Waals surface area contributed by atoms with Gasteiger partial charge in [0.05, 0.1) is 17.4 Å². The van der Waals surface area contributed by atoms with Crippen molar-refractivity contribution in [3.8, 4) is 11.5 Å².